The van der Waals surface area contributed by atoms with E-state index in [1.807, 2.05) is 6.07 Å². The molecule has 0 spiro atoms. The highest BCUT2D eigenvalue weighted by molar-refractivity contribution is 6.35. The highest BCUT2D eigenvalue weighted by atomic mass is 35.5. The Morgan fingerprint density at radius 2 is 2.11 bits per heavy atom. The van der Waals surface area contributed by atoms with E-state index in [1.165, 1.54) is 0 Å². The number of benzene rings is 1. The van der Waals surface area contributed by atoms with Gasteiger partial charge in [0.1, 0.15) is 0 Å². The van der Waals surface area contributed by atoms with Crippen LogP contribution in [0, 0.1) is 0 Å². The van der Waals surface area contributed by atoms with Crippen LogP contribution in [0.4, 0.5) is 0 Å². The Morgan fingerprint density at radius 3 is 2.72 bits per heavy atom. The van der Waals surface area contributed by atoms with E-state index in [4.69, 9.17) is 27.9 Å². The fourth-order valence-electron chi connectivity index (χ4n) is 1.67. The van der Waals surface area contributed by atoms with E-state index in [1.54, 1.807) is 26.2 Å². The van der Waals surface area contributed by atoms with Gasteiger partial charge in [0.25, 0.3) is 0 Å². The van der Waals surface area contributed by atoms with Crippen molar-refractivity contribution in [3.8, 4) is 0 Å². The van der Waals surface area contributed by atoms with Crippen LogP contribution in [0.2, 0.25) is 10.0 Å². The summed E-state index contributed by atoms with van der Waals surface area (Å²) in [4.78, 5) is 0. The molecule has 0 fully saturated rings. The van der Waals surface area contributed by atoms with Crippen molar-refractivity contribution in [1.29, 1.82) is 0 Å². The van der Waals surface area contributed by atoms with Crippen LogP contribution in [0.25, 0.3) is 0 Å². The summed E-state index contributed by atoms with van der Waals surface area (Å²) in [7, 11) is 1.65. The van der Waals surface area contributed by atoms with Crippen LogP contribution in [0.1, 0.15) is 12.5 Å². The average Bonchev–Trinajstić information content (AvgIpc) is 2.28. The Kier molecular flexibility index (Phi) is 6.39. The number of nitrogens with one attached hydrogen (secondary N) is 1. The van der Waals surface area contributed by atoms with Crippen LogP contribution in [0.3, 0.4) is 0 Å². The van der Waals surface area contributed by atoms with Crippen molar-refractivity contribution in [2.75, 3.05) is 26.8 Å². The van der Waals surface area contributed by atoms with Gasteiger partial charge in [-0.2, -0.15) is 0 Å². The fourth-order valence-corrected chi connectivity index (χ4v) is 2.15. The first-order valence-electron chi connectivity index (χ1n) is 5.80. The van der Waals surface area contributed by atoms with Gasteiger partial charge in [-0.3, -0.25) is 0 Å². The maximum absolute atomic E-state index is 10.3. The summed E-state index contributed by atoms with van der Waals surface area (Å²) >= 11 is 11.9. The van der Waals surface area contributed by atoms with Crippen LogP contribution < -0.4 is 5.32 Å². The van der Waals surface area contributed by atoms with Crippen LogP contribution in [0.15, 0.2) is 18.2 Å². The predicted octanol–water partition coefficient (Wildman–Crippen LogP) is 2.52. The SMILES string of the molecule is COCCNCC(C)(O)Cc1ccc(Cl)cc1Cl. The van der Waals surface area contributed by atoms with Crippen LogP contribution in [0.5, 0.6) is 0 Å². The molecule has 1 aromatic rings. The number of hydrogen-bond donors (Lipinski definition) is 2. The van der Waals surface area contributed by atoms with E-state index in [9.17, 15) is 5.11 Å². The molecular weight excluding hydrogens is 273 g/mol. The molecule has 1 rings (SSSR count). The topological polar surface area (TPSA) is 41.5 Å². The summed E-state index contributed by atoms with van der Waals surface area (Å²) in [6.45, 7) is 3.59. The van der Waals surface area contributed by atoms with Gasteiger partial charge in [0.15, 0.2) is 0 Å². The Labute approximate surface area is 118 Å². The zero-order chi connectivity index (χ0) is 13.6. The lowest BCUT2D eigenvalue weighted by atomic mass is 9.96. The second-order valence-corrected chi connectivity index (χ2v) is 5.42. The van der Waals surface area contributed by atoms with Crippen molar-refractivity contribution in [3.05, 3.63) is 33.8 Å². The molecule has 18 heavy (non-hydrogen) atoms. The molecule has 0 saturated heterocycles. The van der Waals surface area contributed by atoms with Gasteiger partial charge in [-0.05, 0) is 24.6 Å². The van der Waals surface area contributed by atoms with E-state index < -0.39 is 5.60 Å². The fraction of sp³-hybridized carbons (Fsp3) is 0.538. The average molecular weight is 292 g/mol. The molecule has 0 heterocycles. The molecule has 2 N–H and O–H groups in total. The summed E-state index contributed by atoms with van der Waals surface area (Å²) in [6, 6.07) is 5.30. The minimum Gasteiger partial charge on any atom is -0.389 e. The standard InChI is InChI=1S/C13H19Cl2NO2/c1-13(17,9-16-5-6-18-2)8-10-3-4-11(14)7-12(10)15/h3-4,7,16-17H,5-6,8-9H2,1-2H3. The first-order valence-corrected chi connectivity index (χ1v) is 6.56. The molecule has 5 heteroatoms. The quantitative estimate of drug-likeness (QED) is 0.759. The highest BCUT2D eigenvalue weighted by Crippen LogP contribution is 2.24. The minimum absolute atomic E-state index is 0.475. The molecule has 102 valence electrons. The number of hydrogen-bond acceptors (Lipinski definition) is 3. The van der Waals surface area contributed by atoms with Crippen LogP contribution in [-0.2, 0) is 11.2 Å². The summed E-state index contributed by atoms with van der Waals surface area (Å²) in [5.74, 6) is 0. The van der Waals surface area contributed by atoms with Crippen molar-refractivity contribution in [2.24, 2.45) is 0 Å². The van der Waals surface area contributed by atoms with Gasteiger partial charge >= 0.3 is 0 Å². The van der Waals surface area contributed by atoms with Crippen LogP contribution in [-0.4, -0.2) is 37.5 Å². The van der Waals surface area contributed by atoms with Gasteiger partial charge in [-0.25, -0.2) is 0 Å². The zero-order valence-corrected chi connectivity index (χ0v) is 12.2. The van der Waals surface area contributed by atoms with Gasteiger partial charge in [0, 0.05) is 36.7 Å². The maximum atomic E-state index is 10.3. The Morgan fingerprint density at radius 1 is 1.39 bits per heavy atom. The third kappa shape index (κ3) is 5.55. The third-order valence-corrected chi connectivity index (χ3v) is 3.16. The third-order valence-electron chi connectivity index (χ3n) is 2.58. The predicted molar refractivity (Wildman–Crippen MR) is 75.5 cm³/mol. The van der Waals surface area contributed by atoms with Crippen molar-refractivity contribution < 1.29 is 9.84 Å². The molecule has 0 amide bonds. The minimum atomic E-state index is -0.856. The molecule has 3 nitrogen and oxygen atoms in total. The molecule has 0 saturated carbocycles. The Bertz CT molecular complexity index is 383. The normalized spacial score (nSPS) is 14.5. The smallest absolute Gasteiger partial charge is 0.0784 e. The lowest BCUT2D eigenvalue weighted by Crippen LogP contribution is -2.40. The van der Waals surface area contributed by atoms with E-state index >= 15 is 0 Å². The summed E-state index contributed by atoms with van der Waals surface area (Å²) in [5, 5.41) is 14.6. The van der Waals surface area contributed by atoms with Gasteiger partial charge in [-0.1, -0.05) is 29.3 Å². The second-order valence-electron chi connectivity index (χ2n) is 4.58. The molecule has 0 radical (unpaired) electrons. The van der Waals surface area contributed by atoms with Gasteiger partial charge in [0.2, 0.25) is 0 Å². The van der Waals surface area contributed by atoms with Gasteiger partial charge < -0.3 is 15.2 Å². The first-order chi connectivity index (χ1) is 8.44. The maximum Gasteiger partial charge on any atom is 0.0784 e. The largest absolute Gasteiger partial charge is 0.389 e. The molecule has 0 aromatic heterocycles. The second kappa shape index (κ2) is 7.31. The molecule has 0 aliphatic heterocycles. The zero-order valence-electron chi connectivity index (χ0n) is 10.7. The van der Waals surface area contributed by atoms with Gasteiger partial charge in [-0.15, -0.1) is 0 Å². The molecular formula is C13H19Cl2NO2. The van der Waals surface area contributed by atoms with E-state index in [2.05, 4.69) is 5.32 Å². The highest BCUT2D eigenvalue weighted by Gasteiger charge is 2.21. The summed E-state index contributed by atoms with van der Waals surface area (Å²) < 4.78 is 4.93. The van der Waals surface area contributed by atoms with E-state index in [-0.39, 0.29) is 0 Å². The Hall–Kier alpha value is -0.320. The number of halogens is 2. The number of aliphatic hydroxyl groups is 1. The molecule has 0 bridgehead atoms. The van der Waals surface area contributed by atoms with Crippen molar-refractivity contribution in [2.45, 2.75) is 18.9 Å². The van der Waals surface area contributed by atoms with E-state index in [0.717, 1.165) is 5.56 Å². The number of ether oxygens (including phenoxy) is 1. The summed E-state index contributed by atoms with van der Waals surface area (Å²) in [6.07, 6.45) is 0.475. The lowest BCUT2D eigenvalue weighted by molar-refractivity contribution is 0.0581. The van der Waals surface area contributed by atoms with Crippen LogP contribution >= 0.6 is 23.2 Å². The number of methoxy groups -OCH3 is 1. The van der Waals surface area contributed by atoms with Gasteiger partial charge in [0.05, 0.1) is 12.2 Å². The van der Waals surface area contributed by atoms with Crippen molar-refractivity contribution in [1.82, 2.24) is 5.32 Å². The molecule has 0 aliphatic rings. The first kappa shape index (κ1) is 15.7. The monoisotopic (exact) mass is 291 g/mol. The summed E-state index contributed by atoms with van der Waals surface area (Å²) in [5.41, 5.74) is 0.0326. The van der Waals surface area contributed by atoms with Crippen molar-refractivity contribution in [3.63, 3.8) is 0 Å². The molecule has 1 aromatic carbocycles. The molecule has 1 atom stereocenters. The Balaban J connectivity index is 2.53. The lowest BCUT2D eigenvalue weighted by Gasteiger charge is -2.24. The number of rotatable bonds is 7. The molecule has 1 unspecified atom stereocenters. The molecule has 0 aliphatic carbocycles. The van der Waals surface area contributed by atoms with E-state index in [0.29, 0.717) is 36.2 Å². The van der Waals surface area contributed by atoms with Crippen molar-refractivity contribution >= 4 is 23.2 Å².